The lowest BCUT2D eigenvalue weighted by molar-refractivity contribution is 0.190. The number of amides is 2. The molecule has 0 saturated carbocycles. The fourth-order valence-electron chi connectivity index (χ4n) is 1.97. The number of hydrogen-bond acceptors (Lipinski definition) is 1. The van der Waals surface area contributed by atoms with Crippen molar-refractivity contribution in [1.82, 2.24) is 10.2 Å². The lowest BCUT2D eigenvalue weighted by atomic mass is 10.1. The molecule has 0 aromatic heterocycles. The number of carbonyl (C=O) groups is 1. The molecule has 0 spiro atoms. The second-order valence-electron chi connectivity index (χ2n) is 4.38. The lowest BCUT2D eigenvalue weighted by Gasteiger charge is -2.26. The maximum Gasteiger partial charge on any atom is 0.321 e. The van der Waals surface area contributed by atoms with Gasteiger partial charge in [-0.3, -0.25) is 0 Å². The summed E-state index contributed by atoms with van der Waals surface area (Å²) in [5, 5.41) is 2.73. The fourth-order valence-corrected chi connectivity index (χ4v) is 1.97. The van der Waals surface area contributed by atoms with Crippen LogP contribution in [0.5, 0.6) is 0 Å². The van der Waals surface area contributed by atoms with E-state index < -0.39 is 0 Å². The first-order chi connectivity index (χ1) is 8.75. The largest absolute Gasteiger partial charge is 0.325 e. The number of carbonyl (C=O) groups excluding carboxylic acids is 1. The number of nitrogens with zero attached hydrogens (tertiary/aromatic N) is 1. The van der Waals surface area contributed by atoms with Crippen molar-refractivity contribution >= 4 is 12.1 Å². The summed E-state index contributed by atoms with van der Waals surface area (Å²) < 4.78 is 12.7. The minimum atomic E-state index is -0.260. The Kier molecular flexibility index (Phi) is 4.34. The molecule has 0 bridgehead atoms. The predicted molar refractivity (Wildman–Crippen MR) is 69.4 cm³/mol. The number of halogens is 1. The van der Waals surface area contributed by atoms with E-state index in [1.54, 1.807) is 24.4 Å². The third-order valence-corrected chi connectivity index (χ3v) is 3.00. The van der Waals surface area contributed by atoms with Gasteiger partial charge in [0.05, 0.1) is 0 Å². The van der Waals surface area contributed by atoms with E-state index in [2.05, 4.69) is 5.32 Å². The van der Waals surface area contributed by atoms with Crippen LogP contribution in [0.25, 0.3) is 6.08 Å². The third-order valence-electron chi connectivity index (χ3n) is 3.00. The summed E-state index contributed by atoms with van der Waals surface area (Å²) in [6.45, 7) is 1.66. The minimum Gasteiger partial charge on any atom is -0.325 e. The van der Waals surface area contributed by atoms with Gasteiger partial charge in [0.2, 0.25) is 0 Å². The van der Waals surface area contributed by atoms with Gasteiger partial charge >= 0.3 is 6.03 Å². The molecule has 1 aliphatic heterocycles. The summed E-state index contributed by atoms with van der Waals surface area (Å²) in [5.41, 5.74) is 0.857. The Morgan fingerprint density at radius 3 is 2.50 bits per heavy atom. The van der Waals surface area contributed by atoms with Gasteiger partial charge in [-0.1, -0.05) is 12.1 Å². The van der Waals surface area contributed by atoms with Crippen molar-refractivity contribution in [2.24, 2.45) is 0 Å². The van der Waals surface area contributed by atoms with E-state index in [1.165, 1.54) is 18.6 Å². The van der Waals surface area contributed by atoms with Crippen LogP contribution in [0.4, 0.5) is 9.18 Å². The number of rotatable bonds is 2. The standard InChI is InChI=1S/C14H17FN2O/c15-13-6-4-12(5-7-13)8-9-16-14(18)17-10-2-1-3-11-17/h4-9H,1-3,10-11H2,(H,16,18)/b9-8+. The Labute approximate surface area is 106 Å². The summed E-state index contributed by atoms with van der Waals surface area (Å²) in [6.07, 6.45) is 6.71. The Hall–Kier alpha value is -1.84. The van der Waals surface area contributed by atoms with Gasteiger partial charge in [-0.2, -0.15) is 0 Å². The molecule has 4 heteroatoms. The Morgan fingerprint density at radius 1 is 1.17 bits per heavy atom. The van der Waals surface area contributed by atoms with Gasteiger partial charge in [-0.15, -0.1) is 0 Å². The van der Waals surface area contributed by atoms with E-state index in [1.807, 2.05) is 4.90 Å². The molecule has 0 radical (unpaired) electrons. The zero-order valence-electron chi connectivity index (χ0n) is 10.2. The number of nitrogens with one attached hydrogen (secondary N) is 1. The molecular weight excluding hydrogens is 231 g/mol. The molecule has 0 atom stereocenters. The van der Waals surface area contributed by atoms with E-state index in [4.69, 9.17) is 0 Å². The summed E-state index contributed by atoms with van der Waals surface area (Å²) in [7, 11) is 0. The summed E-state index contributed by atoms with van der Waals surface area (Å²) in [6, 6.07) is 6.06. The normalized spacial score (nSPS) is 15.9. The van der Waals surface area contributed by atoms with Crippen LogP contribution in [-0.4, -0.2) is 24.0 Å². The maximum absolute atomic E-state index is 12.7. The number of benzene rings is 1. The molecule has 1 heterocycles. The molecule has 3 nitrogen and oxygen atoms in total. The Morgan fingerprint density at radius 2 is 1.83 bits per heavy atom. The van der Waals surface area contributed by atoms with E-state index in [-0.39, 0.29) is 11.8 Å². The van der Waals surface area contributed by atoms with Gasteiger partial charge in [-0.25, -0.2) is 9.18 Å². The van der Waals surface area contributed by atoms with E-state index >= 15 is 0 Å². The maximum atomic E-state index is 12.7. The van der Waals surface area contributed by atoms with Crippen molar-refractivity contribution in [3.05, 3.63) is 41.8 Å². The smallest absolute Gasteiger partial charge is 0.321 e. The van der Waals surface area contributed by atoms with E-state index in [0.29, 0.717) is 0 Å². The Balaban J connectivity index is 1.83. The van der Waals surface area contributed by atoms with Crippen LogP contribution in [0.2, 0.25) is 0 Å². The van der Waals surface area contributed by atoms with E-state index in [0.717, 1.165) is 31.5 Å². The van der Waals surface area contributed by atoms with Gasteiger partial charge in [0.25, 0.3) is 0 Å². The molecular formula is C14H17FN2O. The third kappa shape index (κ3) is 3.58. The molecule has 0 aliphatic carbocycles. The zero-order valence-corrected chi connectivity index (χ0v) is 10.2. The molecule has 0 unspecified atom stereocenters. The highest BCUT2D eigenvalue weighted by Gasteiger charge is 2.14. The molecule has 2 amide bonds. The molecule has 1 fully saturated rings. The first-order valence-electron chi connectivity index (χ1n) is 6.23. The average molecular weight is 248 g/mol. The minimum absolute atomic E-state index is 0.0620. The van der Waals surface area contributed by atoms with Gasteiger partial charge in [0.1, 0.15) is 5.82 Å². The van der Waals surface area contributed by atoms with E-state index in [9.17, 15) is 9.18 Å². The van der Waals surface area contributed by atoms with Gasteiger partial charge in [0.15, 0.2) is 0 Å². The van der Waals surface area contributed by atoms with Gasteiger partial charge < -0.3 is 10.2 Å². The highest BCUT2D eigenvalue weighted by atomic mass is 19.1. The van der Waals surface area contributed by atoms with Crippen LogP contribution in [0, 0.1) is 5.82 Å². The summed E-state index contributed by atoms with van der Waals surface area (Å²) in [4.78, 5) is 13.6. The molecule has 1 aromatic rings. The van der Waals surface area contributed by atoms with Crippen LogP contribution < -0.4 is 5.32 Å². The van der Waals surface area contributed by atoms with Crippen LogP contribution in [-0.2, 0) is 0 Å². The number of piperidine rings is 1. The van der Waals surface area contributed by atoms with Crippen molar-refractivity contribution in [1.29, 1.82) is 0 Å². The SMILES string of the molecule is O=C(N/C=C/c1ccc(F)cc1)N1CCCCC1. The molecule has 1 saturated heterocycles. The second kappa shape index (κ2) is 6.19. The summed E-state index contributed by atoms with van der Waals surface area (Å²) in [5.74, 6) is -0.260. The number of likely N-dealkylation sites (tertiary alicyclic amines) is 1. The molecule has 1 aromatic carbocycles. The lowest BCUT2D eigenvalue weighted by Crippen LogP contribution is -2.40. The van der Waals surface area contributed by atoms with Gasteiger partial charge in [-0.05, 0) is 43.0 Å². The molecule has 18 heavy (non-hydrogen) atoms. The van der Waals surface area contributed by atoms with Crippen molar-refractivity contribution in [3.8, 4) is 0 Å². The highest BCUT2D eigenvalue weighted by molar-refractivity contribution is 5.76. The first-order valence-corrected chi connectivity index (χ1v) is 6.23. The van der Waals surface area contributed by atoms with Crippen LogP contribution in [0.15, 0.2) is 30.5 Å². The average Bonchev–Trinajstić information content (AvgIpc) is 2.42. The predicted octanol–water partition coefficient (Wildman–Crippen LogP) is 2.99. The van der Waals surface area contributed by atoms with Crippen molar-refractivity contribution in [2.45, 2.75) is 19.3 Å². The molecule has 1 aliphatic rings. The van der Waals surface area contributed by atoms with Gasteiger partial charge in [0, 0.05) is 19.3 Å². The van der Waals surface area contributed by atoms with Crippen molar-refractivity contribution in [2.75, 3.05) is 13.1 Å². The first kappa shape index (κ1) is 12.6. The molecule has 96 valence electrons. The fraction of sp³-hybridized carbons (Fsp3) is 0.357. The summed E-state index contributed by atoms with van der Waals surface area (Å²) >= 11 is 0. The number of urea groups is 1. The second-order valence-corrected chi connectivity index (χ2v) is 4.38. The van der Waals surface area contributed by atoms with Crippen LogP contribution in [0.1, 0.15) is 24.8 Å². The highest BCUT2D eigenvalue weighted by Crippen LogP contribution is 2.08. The number of hydrogen-bond donors (Lipinski definition) is 1. The Bertz CT molecular complexity index is 422. The van der Waals surface area contributed by atoms with Crippen molar-refractivity contribution < 1.29 is 9.18 Å². The molecule has 2 rings (SSSR count). The molecule has 1 N–H and O–H groups in total. The topological polar surface area (TPSA) is 32.3 Å². The van der Waals surface area contributed by atoms with Crippen LogP contribution in [0.3, 0.4) is 0 Å². The van der Waals surface area contributed by atoms with Crippen molar-refractivity contribution in [3.63, 3.8) is 0 Å². The quantitative estimate of drug-likeness (QED) is 0.857. The van der Waals surface area contributed by atoms with Crippen LogP contribution >= 0.6 is 0 Å². The monoisotopic (exact) mass is 248 g/mol. The zero-order chi connectivity index (χ0) is 12.8.